The Balaban J connectivity index is 2.39. The van der Waals surface area contributed by atoms with Crippen LogP contribution in [0.5, 0.6) is 0 Å². The summed E-state index contributed by atoms with van der Waals surface area (Å²) in [6, 6.07) is 5.32. The van der Waals surface area contributed by atoms with Crippen LogP contribution in [-0.4, -0.2) is 29.5 Å². The number of nitrogens with two attached hydrogens (primary N) is 1. The lowest BCUT2D eigenvalue weighted by Crippen LogP contribution is -2.27. The topological polar surface area (TPSA) is 72.2 Å². The molecule has 0 aromatic heterocycles. The Morgan fingerprint density at radius 3 is 2.61 bits per heavy atom. The van der Waals surface area contributed by atoms with Crippen LogP contribution in [0, 0.1) is 0 Å². The first-order chi connectivity index (χ1) is 8.59. The molecule has 1 aromatic rings. The van der Waals surface area contributed by atoms with Gasteiger partial charge in [-0.3, -0.25) is 9.00 Å². The van der Waals surface area contributed by atoms with Crippen molar-refractivity contribution in [2.75, 3.05) is 19.3 Å². The summed E-state index contributed by atoms with van der Waals surface area (Å²) in [4.78, 5) is 11.9. The smallest absolute Gasteiger partial charge is 0.248 e. The third-order valence-electron chi connectivity index (χ3n) is 3.39. The molecule has 1 saturated heterocycles. The van der Waals surface area contributed by atoms with Gasteiger partial charge in [0.25, 0.3) is 0 Å². The molecule has 18 heavy (non-hydrogen) atoms. The van der Waals surface area contributed by atoms with Gasteiger partial charge in [0.15, 0.2) is 0 Å². The van der Waals surface area contributed by atoms with E-state index in [0.717, 1.165) is 36.4 Å². The van der Waals surface area contributed by atoms with Gasteiger partial charge in [0.1, 0.15) is 0 Å². The molecule has 0 spiro atoms. The minimum Gasteiger partial charge on any atom is -0.366 e. The maximum atomic E-state index is 11.8. The summed E-state index contributed by atoms with van der Waals surface area (Å²) < 4.78 is 11.8. The Bertz CT molecular complexity index is 482. The molecule has 1 aliphatic heterocycles. The second-order valence-corrected chi connectivity index (χ2v) is 5.94. The molecule has 1 unspecified atom stereocenters. The lowest BCUT2D eigenvalue weighted by molar-refractivity contribution is 0.1000. The van der Waals surface area contributed by atoms with Crippen molar-refractivity contribution in [3.05, 3.63) is 29.3 Å². The van der Waals surface area contributed by atoms with E-state index in [9.17, 15) is 9.00 Å². The highest BCUT2D eigenvalue weighted by Crippen LogP contribution is 2.30. The standard InChI is InChI=1S/C13H18N2O2S/c1-18(17)12-8-10(13(14)16)2-3-11(12)9-4-6-15-7-5-9/h2-3,8-9,15H,4-7H2,1H3,(H2,14,16). The van der Waals surface area contributed by atoms with Crippen molar-refractivity contribution in [3.63, 3.8) is 0 Å². The highest BCUT2D eigenvalue weighted by molar-refractivity contribution is 7.84. The van der Waals surface area contributed by atoms with E-state index in [2.05, 4.69) is 5.32 Å². The predicted molar refractivity (Wildman–Crippen MR) is 72.1 cm³/mol. The molecular weight excluding hydrogens is 248 g/mol. The van der Waals surface area contributed by atoms with E-state index in [1.807, 2.05) is 6.07 Å². The third kappa shape index (κ3) is 2.79. The predicted octanol–water partition coefficient (Wildman–Crippen LogP) is 0.990. The van der Waals surface area contributed by atoms with E-state index in [0.29, 0.717) is 11.5 Å². The van der Waals surface area contributed by atoms with E-state index in [4.69, 9.17) is 5.73 Å². The van der Waals surface area contributed by atoms with E-state index < -0.39 is 16.7 Å². The maximum Gasteiger partial charge on any atom is 0.248 e. The first-order valence-electron chi connectivity index (χ1n) is 6.07. The number of piperidine rings is 1. The van der Waals surface area contributed by atoms with Crippen LogP contribution in [0.4, 0.5) is 0 Å². The van der Waals surface area contributed by atoms with Crippen LogP contribution in [0.25, 0.3) is 0 Å². The fraction of sp³-hybridized carbons (Fsp3) is 0.462. The van der Waals surface area contributed by atoms with Crippen molar-refractivity contribution >= 4 is 16.7 Å². The molecule has 0 radical (unpaired) electrons. The van der Waals surface area contributed by atoms with Gasteiger partial charge in [0.05, 0.1) is 10.8 Å². The molecule has 1 fully saturated rings. The molecule has 0 saturated carbocycles. The molecule has 1 heterocycles. The van der Waals surface area contributed by atoms with Crippen LogP contribution in [-0.2, 0) is 10.8 Å². The summed E-state index contributed by atoms with van der Waals surface area (Å²) in [6.07, 6.45) is 3.73. The second-order valence-electron chi connectivity index (χ2n) is 4.60. The number of nitrogens with one attached hydrogen (secondary N) is 1. The van der Waals surface area contributed by atoms with Gasteiger partial charge in [-0.2, -0.15) is 0 Å². The first-order valence-corrected chi connectivity index (χ1v) is 7.63. The van der Waals surface area contributed by atoms with Gasteiger partial charge >= 0.3 is 0 Å². The molecule has 2 rings (SSSR count). The molecule has 98 valence electrons. The second kappa shape index (κ2) is 5.63. The lowest BCUT2D eigenvalue weighted by Gasteiger charge is -2.24. The lowest BCUT2D eigenvalue weighted by atomic mass is 9.89. The van der Waals surface area contributed by atoms with Crippen molar-refractivity contribution in [2.45, 2.75) is 23.7 Å². The van der Waals surface area contributed by atoms with Crippen LogP contribution < -0.4 is 11.1 Å². The van der Waals surface area contributed by atoms with Crippen LogP contribution in [0.2, 0.25) is 0 Å². The Kier molecular flexibility index (Phi) is 4.14. The number of rotatable bonds is 3. The van der Waals surface area contributed by atoms with Crippen LogP contribution in [0.15, 0.2) is 23.1 Å². The number of carbonyl (C=O) groups excluding carboxylic acids is 1. The van der Waals surface area contributed by atoms with Crippen LogP contribution in [0.1, 0.15) is 34.7 Å². The van der Waals surface area contributed by atoms with Gasteiger partial charge in [0.2, 0.25) is 5.91 Å². The zero-order valence-corrected chi connectivity index (χ0v) is 11.3. The highest BCUT2D eigenvalue weighted by Gasteiger charge is 2.20. The monoisotopic (exact) mass is 266 g/mol. The maximum absolute atomic E-state index is 11.8. The summed E-state index contributed by atoms with van der Waals surface area (Å²) in [5, 5.41) is 3.31. The number of carbonyl (C=O) groups is 1. The van der Waals surface area contributed by atoms with E-state index >= 15 is 0 Å². The SMILES string of the molecule is CS(=O)c1cc(C(N)=O)ccc1C1CCNCC1. The molecule has 0 bridgehead atoms. The molecule has 0 aliphatic carbocycles. The molecular formula is C13H18N2O2S. The number of hydrogen-bond acceptors (Lipinski definition) is 3. The number of hydrogen-bond donors (Lipinski definition) is 2. The summed E-state index contributed by atoms with van der Waals surface area (Å²) in [7, 11) is -1.10. The van der Waals surface area contributed by atoms with Crippen LogP contribution in [0.3, 0.4) is 0 Å². The minimum absolute atomic E-state index is 0.423. The van der Waals surface area contributed by atoms with E-state index in [-0.39, 0.29) is 0 Å². The summed E-state index contributed by atoms with van der Waals surface area (Å²) in [5.74, 6) is -0.0503. The molecule has 1 aromatic carbocycles. The normalized spacial score (nSPS) is 18.5. The van der Waals surface area contributed by atoms with Crippen molar-refractivity contribution in [2.24, 2.45) is 5.73 Å². The van der Waals surface area contributed by atoms with Crippen molar-refractivity contribution < 1.29 is 9.00 Å². The zero-order chi connectivity index (χ0) is 13.1. The minimum atomic E-state index is -1.10. The Morgan fingerprint density at radius 2 is 2.06 bits per heavy atom. The van der Waals surface area contributed by atoms with E-state index in [1.54, 1.807) is 18.4 Å². The fourth-order valence-corrected chi connectivity index (χ4v) is 3.27. The summed E-state index contributed by atoms with van der Waals surface area (Å²) in [5.41, 5.74) is 6.79. The van der Waals surface area contributed by atoms with Gasteiger partial charge in [-0.15, -0.1) is 0 Å². The molecule has 3 N–H and O–H groups in total. The fourth-order valence-electron chi connectivity index (χ4n) is 2.41. The molecule has 1 atom stereocenters. The van der Waals surface area contributed by atoms with Crippen molar-refractivity contribution in [1.82, 2.24) is 5.32 Å². The Morgan fingerprint density at radius 1 is 1.39 bits per heavy atom. The number of amides is 1. The Labute approximate surface area is 109 Å². The third-order valence-corrected chi connectivity index (χ3v) is 4.36. The van der Waals surface area contributed by atoms with Gasteiger partial charge in [-0.1, -0.05) is 6.07 Å². The summed E-state index contributed by atoms with van der Waals surface area (Å²) in [6.45, 7) is 1.97. The average Bonchev–Trinajstić information content (AvgIpc) is 2.39. The highest BCUT2D eigenvalue weighted by atomic mass is 32.2. The largest absolute Gasteiger partial charge is 0.366 e. The van der Waals surface area contributed by atoms with Crippen LogP contribution >= 0.6 is 0 Å². The molecule has 5 heteroatoms. The van der Waals surface area contributed by atoms with Gasteiger partial charge in [-0.25, -0.2) is 0 Å². The van der Waals surface area contributed by atoms with Crippen molar-refractivity contribution in [1.29, 1.82) is 0 Å². The average molecular weight is 266 g/mol. The van der Waals surface area contributed by atoms with Crippen molar-refractivity contribution in [3.8, 4) is 0 Å². The van der Waals surface area contributed by atoms with Gasteiger partial charge < -0.3 is 11.1 Å². The van der Waals surface area contributed by atoms with Gasteiger partial charge in [0, 0.05) is 16.7 Å². The molecule has 1 amide bonds. The Hall–Kier alpha value is -1.20. The first kappa shape index (κ1) is 13.2. The number of primary amides is 1. The quantitative estimate of drug-likeness (QED) is 0.857. The number of benzene rings is 1. The zero-order valence-electron chi connectivity index (χ0n) is 10.4. The summed E-state index contributed by atoms with van der Waals surface area (Å²) >= 11 is 0. The van der Waals surface area contributed by atoms with E-state index in [1.165, 1.54) is 0 Å². The molecule has 4 nitrogen and oxygen atoms in total. The molecule has 1 aliphatic rings. The van der Waals surface area contributed by atoms with Gasteiger partial charge in [-0.05, 0) is 49.5 Å².